The van der Waals surface area contributed by atoms with Gasteiger partial charge in [-0.15, -0.1) is 0 Å². The zero-order valence-corrected chi connectivity index (χ0v) is 60.7. The zero-order valence-electron chi connectivity index (χ0n) is 60.7. The number of imidazole rings is 3. The normalized spacial score (nSPS) is 15.7. The third kappa shape index (κ3) is 16.2. The molecule has 12 aromatic rings. The molecule has 5 N–H and O–H groups in total. The summed E-state index contributed by atoms with van der Waals surface area (Å²) in [5.74, 6) is 0.593. The number of aromatic amines is 2. The minimum absolute atomic E-state index is 0.117. The van der Waals surface area contributed by atoms with Crippen molar-refractivity contribution in [1.82, 2.24) is 57.8 Å². The highest BCUT2D eigenvalue weighted by molar-refractivity contribution is 5.81. The Morgan fingerprint density at radius 3 is 1.13 bits per heavy atom. The van der Waals surface area contributed by atoms with Crippen LogP contribution in [0.2, 0.25) is 0 Å². The number of ether oxygens (including phenoxy) is 1. The van der Waals surface area contributed by atoms with Gasteiger partial charge in [0.2, 0.25) is 17.0 Å². The van der Waals surface area contributed by atoms with Gasteiger partial charge in [0.1, 0.15) is 0 Å². The Labute approximate surface area is 609 Å². The maximum absolute atomic E-state index is 11.8. The molecule has 0 bridgehead atoms. The van der Waals surface area contributed by atoms with Crippen molar-refractivity contribution in [2.24, 2.45) is 0 Å². The van der Waals surface area contributed by atoms with Crippen molar-refractivity contribution in [1.29, 1.82) is 0 Å². The van der Waals surface area contributed by atoms with Crippen LogP contribution in [0, 0.1) is 0 Å². The van der Waals surface area contributed by atoms with Crippen LogP contribution in [0.5, 0.6) is 5.88 Å². The summed E-state index contributed by atoms with van der Waals surface area (Å²) in [6.45, 7) is 22.6. The summed E-state index contributed by atoms with van der Waals surface area (Å²) >= 11 is 0. The van der Waals surface area contributed by atoms with E-state index in [9.17, 15) is 9.59 Å². The van der Waals surface area contributed by atoms with Crippen LogP contribution < -0.4 is 46.5 Å². The number of rotatable bonds is 20. The van der Waals surface area contributed by atoms with Gasteiger partial charge in [0.05, 0.1) is 41.3 Å². The highest BCUT2D eigenvalue weighted by Crippen LogP contribution is 2.34. The van der Waals surface area contributed by atoms with E-state index in [1.807, 2.05) is 82.1 Å². The molecule has 538 valence electrons. The van der Waals surface area contributed by atoms with Crippen LogP contribution in [-0.2, 0) is 0 Å². The summed E-state index contributed by atoms with van der Waals surface area (Å²) in [6, 6.07) is 51.5. The van der Waals surface area contributed by atoms with Gasteiger partial charge in [-0.25, -0.2) is 19.9 Å². The number of aromatic nitrogens is 9. The number of benzene rings is 3. The van der Waals surface area contributed by atoms with Crippen LogP contribution in [0.25, 0.3) is 50.7 Å². The average molecular weight is 1400 g/mol. The third-order valence-corrected chi connectivity index (χ3v) is 21.5. The minimum Gasteiger partial charge on any atom is -0.481 e. The van der Waals surface area contributed by atoms with Gasteiger partial charge < -0.3 is 45.4 Å². The highest BCUT2D eigenvalue weighted by Gasteiger charge is 2.27. The topological polar surface area (TPSA) is 195 Å². The fourth-order valence-corrected chi connectivity index (χ4v) is 15.8. The lowest BCUT2D eigenvalue weighted by Gasteiger charge is -2.41. The number of nitrogens with one attached hydrogen (secondary N) is 5. The second kappa shape index (κ2) is 33.1. The predicted molar refractivity (Wildman–Crippen MR) is 424 cm³/mol. The van der Waals surface area contributed by atoms with E-state index in [4.69, 9.17) is 4.74 Å². The molecule has 0 radical (unpaired) electrons. The van der Waals surface area contributed by atoms with Crippen LogP contribution in [0.15, 0.2) is 211 Å². The molecular formula is C83H98N18O3. The molecule has 21 nitrogen and oxygen atoms in total. The summed E-state index contributed by atoms with van der Waals surface area (Å²) in [6.07, 6.45) is 28.2. The molecule has 0 unspecified atom stereocenters. The van der Waals surface area contributed by atoms with E-state index in [0.29, 0.717) is 11.9 Å². The van der Waals surface area contributed by atoms with Crippen LogP contribution in [0.3, 0.4) is 0 Å². The molecule has 1 aliphatic carbocycles. The number of piperazine rings is 3. The Morgan fingerprint density at radius 2 is 0.779 bits per heavy atom. The van der Waals surface area contributed by atoms with Gasteiger partial charge in [-0.2, -0.15) is 0 Å². The van der Waals surface area contributed by atoms with Gasteiger partial charge in [0.15, 0.2) is 16.9 Å². The van der Waals surface area contributed by atoms with Gasteiger partial charge in [-0.05, 0) is 166 Å². The molecule has 9 aromatic heterocycles. The molecule has 1 saturated carbocycles. The quantitative estimate of drug-likeness (QED) is 0.0483. The van der Waals surface area contributed by atoms with Crippen LogP contribution >= 0.6 is 0 Å². The fourth-order valence-electron chi connectivity index (χ4n) is 15.8. The molecule has 0 atom stereocenters. The van der Waals surface area contributed by atoms with E-state index in [1.54, 1.807) is 50.2 Å². The molecule has 0 amide bonds. The predicted octanol–water partition coefficient (Wildman–Crippen LogP) is 15.1. The second-order valence-electron chi connectivity index (χ2n) is 27.5. The number of H-pyrrole nitrogens is 2. The number of fused-ring (bicyclic) bond motifs is 3. The van der Waals surface area contributed by atoms with Gasteiger partial charge >= 0.3 is 0 Å². The van der Waals surface area contributed by atoms with Crippen LogP contribution in [0.4, 0.5) is 51.2 Å². The molecular weight excluding hydrogens is 1300 g/mol. The summed E-state index contributed by atoms with van der Waals surface area (Å²) in [5.41, 5.74) is 17.7. The highest BCUT2D eigenvalue weighted by atomic mass is 16.5. The number of anilines is 9. The van der Waals surface area contributed by atoms with E-state index >= 15 is 0 Å². The average Bonchev–Trinajstić information content (AvgIpc) is 1.30. The smallest absolute Gasteiger partial charge is 0.248 e. The lowest BCUT2D eigenvalue weighted by molar-refractivity contribution is 0.148. The summed E-state index contributed by atoms with van der Waals surface area (Å²) in [5, 5.41) is 10.6. The first-order chi connectivity index (χ1) is 51.1. The molecule has 3 aliphatic heterocycles. The van der Waals surface area contributed by atoms with Crippen molar-refractivity contribution in [2.75, 3.05) is 116 Å². The molecule has 4 fully saturated rings. The van der Waals surface area contributed by atoms with E-state index in [2.05, 4.69) is 192 Å². The van der Waals surface area contributed by atoms with Crippen molar-refractivity contribution in [2.45, 2.75) is 104 Å². The largest absolute Gasteiger partial charge is 0.481 e. The number of hydrogen-bond acceptors (Lipinski definition) is 16. The SMILES string of the molecule is CCC(CC)N1CCN(c2ccc(Nc3ccc(-c4cc[nH]c(=O)c4)n4ccnc34)cc2)CC1.CCC(CC)N1CCN(c2ccc(Nc3ccc(-c4ccnc(OC)c4)n4ccnc34)cc2)CC1.O=c1cc(-c2ccc(Nc3ccc(N4CCN(C5CCCCC5)CC4)cc3)c3nccn23)cc[nH]1. The van der Waals surface area contributed by atoms with Crippen molar-refractivity contribution in [3.63, 3.8) is 0 Å². The lowest BCUT2D eigenvalue weighted by atomic mass is 9.94. The van der Waals surface area contributed by atoms with Crippen molar-refractivity contribution < 1.29 is 4.74 Å². The van der Waals surface area contributed by atoms with Gasteiger partial charge in [0, 0.05) is 221 Å². The molecule has 16 rings (SSSR count). The van der Waals surface area contributed by atoms with Crippen LogP contribution in [0.1, 0.15) is 85.5 Å². The summed E-state index contributed by atoms with van der Waals surface area (Å²) in [4.78, 5) is 62.3. The molecule has 3 saturated heterocycles. The van der Waals surface area contributed by atoms with E-state index in [0.717, 1.165) is 162 Å². The Balaban J connectivity index is 0.000000132. The zero-order chi connectivity index (χ0) is 71.3. The number of pyridine rings is 6. The lowest BCUT2D eigenvalue weighted by Crippen LogP contribution is -2.50. The molecule has 104 heavy (non-hydrogen) atoms. The first-order valence-corrected chi connectivity index (χ1v) is 37.5. The van der Waals surface area contributed by atoms with Crippen LogP contribution in [-0.4, -0.2) is 162 Å². The molecule has 3 aromatic carbocycles. The van der Waals surface area contributed by atoms with Crippen molar-refractivity contribution >= 4 is 68.1 Å². The van der Waals surface area contributed by atoms with Crippen molar-refractivity contribution in [3.05, 3.63) is 222 Å². The first kappa shape index (κ1) is 70.3. The maximum atomic E-state index is 11.8. The van der Waals surface area contributed by atoms with Gasteiger partial charge in [0.25, 0.3) is 0 Å². The molecule has 21 heteroatoms. The number of methoxy groups -OCH3 is 1. The fraction of sp³-hybridized carbons (Fsp3) is 0.349. The third-order valence-electron chi connectivity index (χ3n) is 21.5. The standard InChI is InChI=1S/C28H32N6O.C28H34N6O.C27H32N6O/c35-27-20-21(12-13-29-27)26-11-10-25(28-30-14-15-34(26)28)31-22-6-8-24(9-7-22)33-18-16-32(17-19-33)23-4-2-1-3-5-23;1-4-23(5-2)32-16-18-33(19-17-32)24-8-6-22(7-9-24)31-25-10-11-26(34-15-14-30-28(25)34)21-12-13-29-27(20-21)35-3;1-3-22(4-2)31-15-17-32(18-16-31)23-7-5-21(6-8-23)30-24-9-10-25(33-14-13-29-27(24)33)20-11-12-28-26(34)19-20/h6-15,20,23,31H,1-5,16-19H2,(H,29,35);6-15,20,23,31H,4-5,16-19H2,1-3H3;5-14,19,22,30H,3-4,15-18H2,1-2H3,(H,28,34). The Morgan fingerprint density at radius 1 is 0.413 bits per heavy atom. The van der Waals surface area contributed by atoms with Gasteiger partial charge in [-0.3, -0.25) is 37.5 Å². The van der Waals surface area contributed by atoms with E-state index in [1.165, 1.54) is 87.9 Å². The maximum Gasteiger partial charge on any atom is 0.248 e. The minimum atomic E-state index is -0.120. The summed E-state index contributed by atoms with van der Waals surface area (Å²) in [7, 11) is 1.63. The monoisotopic (exact) mass is 1390 g/mol. The van der Waals surface area contributed by atoms with E-state index in [-0.39, 0.29) is 11.1 Å². The Bertz CT molecular complexity index is 4870. The first-order valence-electron chi connectivity index (χ1n) is 37.5. The van der Waals surface area contributed by atoms with Gasteiger partial charge in [-0.1, -0.05) is 47.0 Å². The van der Waals surface area contributed by atoms with E-state index < -0.39 is 0 Å². The molecule has 4 aliphatic rings. The second-order valence-corrected chi connectivity index (χ2v) is 27.5. The molecule has 12 heterocycles. The number of hydrogen-bond donors (Lipinski definition) is 5. The van der Waals surface area contributed by atoms with Crippen molar-refractivity contribution in [3.8, 4) is 39.7 Å². The number of nitrogens with zero attached hydrogens (tertiary/aromatic N) is 13. The Kier molecular flexibility index (Phi) is 22.4. The Hall–Kier alpha value is -10.7. The summed E-state index contributed by atoms with van der Waals surface area (Å²) < 4.78 is 11.4. The molecule has 0 spiro atoms.